The molecule has 1 saturated carbocycles. The number of anilines is 2. The fraction of sp³-hybridized carbons (Fsp3) is 0.406. The van der Waals surface area contributed by atoms with Crippen LogP contribution in [0.15, 0.2) is 61.2 Å². The number of benzene rings is 2. The van der Waals surface area contributed by atoms with Crippen molar-refractivity contribution in [2.45, 2.75) is 57.8 Å². The SMILES string of the molecule is C=CCC1CCC(C(=O)Oc2ccc(/C=C/C(=O)OCCCCCCOC(=O)c3cc(N)cc(N)c3)cc2)CC1. The first-order valence-corrected chi connectivity index (χ1v) is 13.9. The van der Waals surface area contributed by atoms with Gasteiger partial charge >= 0.3 is 17.9 Å². The normalized spacial score (nSPS) is 16.8. The number of rotatable bonds is 14. The second-order valence-corrected chi connectivity index (χ2v) is 10.2. The van der Waals surface area contributed by atoms with Crippen molar-refractivity contribution in [2.75, 3.05) is 24.7 Å². The number of esters is 3. The molecule has 1 fully saturated rings. The summed E-state index contributed by atoms with van der Waals surface area (Å²) in [5.41, 5.74) is 13.4. The predicted molar refractivity (Wildman–Crippen MR) is 156 cm³/mol. The summed E-state index contributed by atoms with van der Waals surface area (Å²) >= 11 is 0. The molecule has 0 amide bonds. The standard InChI is InChI=1S/C32H40N2O6/c1-2-7-23-8-13-25(14-9-23)32(37)40-29-15-10-24(11-16-29)12-17-30(35)38-18-5-3-4-6-19-39-31(36)26-20-27(33)22-28(34)21-26/h2,10-12,15-17,20-23,25H,1,3-9,13-14,18-19,33-34H2/b17-12+. The van der Waals surface area contributed by atoms with Crippen molar-refractivity contribution in [3.8, 4) is 5.75 Å². The number of carbonyl (C=O) groups is 3. The number of nitrogen functional groups attached to an aromatic ring is 2. The van der Waals surface area contributed by atoms with Gasteiger partial charge in [0.05, 0.1) is 24.7 Å². The number of ether oxygens (including phenoxy) is 3. The van der Waals surface area contributed by atoms with Gasteiger partial charge in [-0.05, 0) is 106 Å². The summed E-state index contributed by atoms with van der Waals surface area (Å²) in [4.78, 5) is 36.5. The van der Waals surface area contributed by atoms with Crippen molar-refractivity contribution in [3.63, 3.8) is 0 Å². The number of unbranched alkanes of at least 4 members (excludes halogenated alkanes) is 3. The maximum Gasteiger partial charge on any atom is 0.338 e. The molecule has 1 aliphatic carbocycles. The lowest BCUT2D eigenvalue weighted by molar-refractivity contribution is -0.140. The highest BCUT2D eigenvalue weighted by molar-refractivity contribution is 5.91. The molecular weight excluding hydrogens is 508 g/mol. The molecule has 2 aromatic rings. The van der Waals surface area contributed by atoms with E-state index in [1.807, 2.05) is 6.08 Å². The monoisotopic (exact) mass is 548 g/mol. The largest absolute Gasteiger partial charge is 0.463 e. The Hall–Kier alpha value is -4.07. The molecule has 0 saturated heterocycles. The van der Waals surface area contributed by atoms with Crippen LogP contribution in [0.4, 0.5) is 11.4 Å². The Morgan fingerprint density at radius 2 is 1.48 bits per heavy atom. The van der Waals surface area contributed by atoms with E-state index in [9.17, 15) is 14.4 Å². The Morgan fingerprint density at radius 1 is 0.850 bits per heavy atom. The van der Waals surface area contributed by atoms with E-state index < -0.39 is 11.9 Å². The van der Waals surface area contributed by atoms with E-state index in [1.165, 1.54) is 18.2 Å². The molecule has 3 rings (SSSR count). The molecular formula is C32H40N2O6. The Balaban J connectivity index is 1.25. The molecule has 8 heteroatoms. The van der Waals surface area contributed by atoms with E-state index in [1.54, 1.807) is 36.4 Å². The van der Waals surface area contributed by atoms with Crippen molar-refractivity contribution < 1.29 is 28.6 Å². The van der Waals surface area contributed by atoms with Gasteiger partial charge in [0.1, 0.15) is 5.75 Å². The van der Waals surface area contributed by atoms with Crippen molar-refractivity contribution >= 4 is 35.4 Å². The number of allylic oxidation sites excluding steroid dienone is 1. The molecule has 0 atom stereocenters. The maximum absolute atomic E-state index is 12.5. The molecule has 2 aromatic carbocycles. The molecule has 0 heterocycles. The van der Waals surface area contributed by atoms with Crippen LogP contribution in [-0.4, -0.2) is 31.1 Å². The fourth-order valence-electron chi connectivity index (χ4n) is 4.70. The van der Waals surface area contributed by atoms with Crippen molar-refractivity contribution in [2.24, 2.45) is 11.8 Å². The molecule has 0 aromatic heterocycles. The average molecular weight is 549 g/mol. The summed E-state index contributed by atoms with van der Waals surface area (Å²) in [5.74, 6) is 0.0413. The number of nitrogens with two attached hydrogens (primary N) is 2. The lowest BCUT2D eigenvalue weighted by Crippen LogP contribution is -2.25. The zero-order chi connectivity index (χ0) is 28.7. The van der Waals surface area contributed by atoms with Crippen LogP contribution < -0.4 is 16.2 Å². The van der Waals surface area contributed by atoms with Crippen LogP contribution in [0.5, 0.6) is 5.75 Å². The van der Waals surface area contributed by atoms with Gasteiger partial charge in [0.2, 0.25) is 0 Å². The van der Waals surface area contributed by atoms with Gasteiger partial charge in [0.15, 0.2) is 0 Å². The van der Waals surface area contributed by atoms with E-state index in [-0.39, 0.29) is 11.9 Å². The van der Waals surface area contributed by atoms with Crippen molar-refractivity contribution in [1.82, 2.24) is 0 Å². The summed E-state index contributed by atoms with van der Waals surface area (Å²) in [6.07, 6.45) is 12.9. The third kappa shape index (κ3) is 10.6. The minimum atomic E-state index is -0.451. The molecule has 1 aliphatic rings. The molecule has 4 N–H and O–H groups in total. The quantitative estimate of drug-likeness (QED) is 0.0722. The third-order valence-electron chi connectivity index (χ3n) is 6.92. The fourth-order valence-corrected chi connectivity index (χ4v) is 4.70. The van der Waals surface area contributed by atoms with Crippen LogP contribution in [0.25, 0.3) is 6.08 Å². The van der Waals surface area contributed by atoms with Gasteiger partial charge in [-0.1, -0.05) is 18.2 Å². The van der Waals surface area contributed by atoms with Crippen LogP contribution in [0.3, 0.4) is 0 Å². The van der Waals surface area contributed by atoms with E-state index in [0.29, 0.717) is 48.2 Å². The van der Waals surface area contributed by atoms with E-state index in [4.69, 9.17) is 25.7 Å². The van der Waals surface area contributed by atoms with E-state index in [0.717, 1.165) is 56.9 Å². The van der Waals surface area contributed by atoms with Crippen LogP contribution in [-0.2, 0) is 19.1 Å². The summed E-state index contributed by atoms with van der Waals surface area (Å²) in [5, 5.41) is 0. The van der Waals surface area contributed by atoms with Gasteiger partial charge in [-0.15, -0.1) is 6.58 Å². The van der Waals surface area contributed by atoms with Gasteiger partial charge in [0.25, 0.3) is 0 Å². The van der Waals surface area contributed by atoms with E-state index >= 15 is 0 Å². The summed E-state index contributed by atoms with van der Waals surface area (Å²) < 4.78 is 16.1. The van der Waals surface area contributed by atoms with Crippen LogP contribution in [0.2, 0.25) is 0 Å². The Kier molecular flexibility index (Phi) is 12.3. The predicted octanol–water partition coefficient (Wildman–Crippen LogP) is 6.11. The Labute approximate surface area is 236 Å². The zero-order valence-corrected chi connectivity index (χ0v) is 23.0. The lowest BCUT2D eigenvalue weighted by atomic mass is 9.80. The number of carbonyl (C=O) groups excluding carboxylic acids is 3. The van der Waals surface area contributed by atoms with Crippen molar-refractivity contribution in [3.05, 3.63) is 72.3 Å². The molecule has 40 heavy (non-hydrogen) atoms. The van der Waals surface area contributed by atoms with E-state index in [2.05, 4.69) is 6.58 Å². The third-order valence-corrected chi connectivity index (χ3v) is 6.92. The van der Waals surface area contributed by atoms with Crippen LogP contribution in [0, 0.1) is 11.8 Å². The highest BCUT2D eigenvalue weighted by Crippen LogP contribution is 2.32. The van der Waals surface area contributed by atoms with Crippen LogP contribution in [0.1, 0.15) is 73.7 Å². The Morgan fingerprint density at radius 3 is 2.10 bits per heavy atom. The first-order valence-electron chi connectivity index (χ1n) is 13.9. The molecule has 0 aliphatic heterocycles. The first kappa shape index (κ1) is 30.5. The topological polar surface area (TPSA) is 131 Å². The second kappa shape index (κ2) is 16.1. The highest BCUT2D eigenvalue weighted by atomic mass is 16.5. The minimum Gasteiger partial charge on any atom is -0.463 e. The second-order valence-electron chi connectivity index (χ2n) is 10.2. The molecule has 8 nitrogen and oxygen atoms in total. The summed E-state index contributed by atoms with van der Waals surface area (Å²) in [6, 6.07) is 11.7. The van der Waals surface area contributed by atoms with Crippen molar-refractivity contribution in [1.29, 1.82) is 0 Å². The van der Waals surface area contributed by atoms with Gasteiger partial charge in [-0.25, -0.2) is 9.59 Å². The molecule has 214 valence electrons. The minimum absolute atomic E-state index is 0.0480. The molecule has 0 bridgehead atoms. The summed E-state index contributed by atoms with van der Waals surface area (Å²) in [7, 11) is 0. The molecule has 0 unspecified atom stereocenters. The van der Waals surface area contributed by atoms with Gasteiger partial charge in [-0.3, -0.25) is 4.79 Å². The molecule has 0 radical (unpaired) electrons. The average Bonchev–Trinajstić information content (AvgIpc) is 2.94. The van der Waals surface area contributed by atoms with Crippen LogP contribution >= 0.6 is 0 Å². The molecule has 0 spiro atoms. The van der Waals surface area contributed by atoms with Gasteiger partial charge < -0.3 is 25.7 Å². The highest BCUT2D eigenvalue weighted by Gasteiger charge is 2.27. The van der Waals surface area contributed by atoms with Gasteiger partial charge in [-0.2, -0.15) is 0 Å². The Bertz CT molecular complexity index is 1150. The smallest absolute Gasteiger partial charge is 0.338 e. The zero-order valence-electron chi connectivity index (χ0n) is 23.0. The van der Waals surface area contributed by atoms with Gasteiger partial charge in [0, 0.05) is 17.5 Å². The lowest BCUT2D eigenvalue weighted by Gasteiger charge is -2.26. The summed E-state index contributed by atoms with van der Waals surface area (Å²) in [6.45, 7) is 4.41. The maximum atomic E-state index is 12.5. The first-order chi connectivity index (χ1) is 19.3. The number of hydrogen-bond donors (Lipinski definition) is 2. The number of hydrogen-bond acceptors (Lipinski definition) is 8.